The molecule has 0 saturated carbocycles. The zero-order valence-corrected chi connectivity index (χ0v) is 13.3. The lowest BCUT2D eigenvalue weighted by Gasteiger charge is -2.10. The van der Waals surface area contributed by atoms with Gasteiger partial charge in [0.25, 0.3) is 0 Å². The van der Waals surface area contributed by atoms with Crippen LogP contribution >= 0.6 is 11.8 Å². The predicted molar refractivity (Wildman–Crippen MR) is 81.1 cm³/mol. The number of thioether (sulfide) groups is 1. The van der Waals surface area contributed by atoms with Crippen LogP contribution in [0.5, 0.6) is 0 Å². The van der Waals surface area contributed by atoms with Gasteiger partial charge in [0, 0.05) is 0 Å². The largest absolute Gasteiger partial charge is 0.251 e. The van der Waals surface area contributed by atoms with E-state index in [0.29, 0.717) is 5.16 Å². The van der Waals surface area contributed by atoms with Gasteiger partial charge in [-0.15, -0.1) is 5.10 Å². The molecule has 2 rings (SSSR count). The van der Waals surface area contributed by atoms with E-state index in [1.165, 1.54) is 16.4 Å². The van der Waals surface area contributed by atoms with Gasteiger partial charge in [-0.1, -0.05) is 23.9 Å². The maximum atomic E-state index is 11.4. The molecule has 1 N–H and O–H groups in total. The van der Waals surface area contributed by atoms with Crippen LogP contribution in [0.2, 0.25) is 0 Å². The molecule has 8 heteroatoms. The Hall–Kier alpha value is -1.54. The van der Waals surface area contributed by atoms with Crippen LogP contribution in [0.3, 0.4) is 0 Å². The second-order valence-corrected chi connectivity index (χ2v) is 7.02. The van der Waals surface area contributed by atoms with Crippen LogP contribution < -0.4 is 4.72 Å². The van der Waals surface area contributed by atoms with Crippen molar-refractivity contribution in [3.05, 3.63) is 29.3 Å². The average molecular weight is 312 g/mol. The van der Waals surface area contributed by atoms with E-state index in [1.54, 1.807) is 0 Å². The van der Waals surface area contributed by atoms with E-state index in [4.69, 9.17) is 0 Å². The van der Waals surface area contributed by atoms with E-state index < -0.39 is 10.0 Å². The van der Waals surface area contributed by atoms with E-state index in [1.807, 2.05) is 38.3 Å². The Morgan fingerprint density at radius 1 is 1.30 bits per heavy atom. The smallest absolute Gasteiger partial charge is 0.240 e. The summed E-state index contributed by atoms with van der Waals surface area (Å²) in [6.45, 7) is 3.92. The Kier molecular flexibility index (Phi) is 4.05. The molecule has 6 nitrogen and oxygen atoms in total. The molecule has 0 bridgehead atoms. The van der Waals surface area contributed by atoms with Crippen molar-refractivity contribution in [3.8, 4) is 5.69 Å². The lowest BCUT2D eigenvalue weighted by molar-refractivity contribution is 0.606. The van der Waals surface area contributed by atoms with Crippen LogP contribution in [0.4, 0.5) is 5.95 Å². The summed E-state index contributed by atoms with van der Waals surface area (Å²) >= 11 is 1.36. The molecule has 0 saturated heterocycles. The van der Waals surface area contributed by atoms with Crippen molar-refractivity contribution in [2.24, 2.45) is 0 Å². The van der Waals surface area contributed by atoms with Crippen molar-refractivity contribution in [1.29, 1.82) is 0 Å². The van der Waals surface area contributed by atoms with E-state index in [2.05, 4.69) is 14.8 Å². The number of hydrogen-bond donors (Lipinski definition) is 1. The summed E-state index contributed by atoms with van der Waals surface area (Å²) in [4.78, 5) is 4.19. The Labute approximate surface area is 122 Å². The number of benzene rings is 1. The highest BCUT2D eigenvalue weighted by Gasteiger charge is 2.16. The van der Waals surface area contributed by atoms with Gasteiger partial charge in [-0.25, -0.2) is 8.42 Å². The fourth-order valence-electron chi connectivity index (χ4n) is 1.73. The standard InChI is InChI=1S/C12H16N4O2S2/c1-8-5-6-9(2)10(7-8)16-11(15-20(4,17)18)13-12(14-16)19-3/h5-7H,1-4H3,(H,13,14,15). The van der Waals surface area contributed by atoms with Gasteiger partial charge in [0.2, 0.25) is 21.1 Å². The van der Waals surface area contributed by atoms with Gasteiger partial charge in [-0.3, -0.25) is 4.72 Å². The van der Waals surface area contributed by atoms with Gasteiger partial charge in [0.05, 0.1) is 11.9 Å². The minimum atomic E-state index is -3.41. The fraction of sp³-hybridized carbons (Fsp3) is 0.333. The number of nitrogens with zero attached hydrogens (tertiary/aromatic N) is 3. The SMILES string of the molecule is CSc1nc(NS(C)(=O)=O)n(-c2cc(C)ccc2C)n1. The molecule has 2 aromatic rings. The molecule has 0 aliphatic carbocycles. The van der Waals surface area contributed by atoms with Gasteiger partial charge in [-0.2, -0.15) is 9.67 Å². The van der Waals surface area contributed by atoms with Crippen LogP contribution in [-0.4, -0.2) is 35.7 Å². The molecular formula is C12H16N4O2S2. The number of anilines is 1. The highest BCUT2D eigenvalue weighted by molar-refractivity contribution is 7.98. The number of sulfonamides is 1. The highest BCUT2D eigenvalue weighted by atomic mass is 32.2. The van der Waals surface area contributed by atoms with E-state index in [9.17, 15) is 8.42 Å². The first-order chi connectivity index (χ1) is 9.30. The quantitative estimate of drug-likeness (QED) is 0.874. The molecule has 20 heavy (non-hydrogen) atoms. The van der Waals surface area contributed by atoms with Crippen molar-refractivity contribution in [1.82, 2.24) is 14.8 Å². The van der Waals surface area contributed by atoms with Crippen LogP contribution in [0, 0.1) is 13.8 Å². The molecule has 0 radical (unpaired) electrons. The Morgan fingerprint density at radius 2 is 2.00 bits per heavy atom. The minimum absolute atomic E-state index is 0.200. The number of aryl methyl sites for hydroxylation is 2. The number of hydrogen-bond acceptors (Lipinski definition) is 5. The van der Waals surface area contributed by atoms with Crippen LogP contribution in [0.15, 0.2) is 23.4 Å². The van der Waals surface area contributed by atoms with Crippen LogP contribution in [0.25, 0.3) is 5.69 Å². The van der Waals surface area contributed by atoms with Gasteiger partial charge < -0.3 is 0 Å². The fourth-order valence-corrected chi connectivity index (χ4v) is 2.53. The summed E-state index contributed by atoms with van der Waals surface area (Å²) in [6, 6.07) is 5.91. The van der Waals surface area contributed by atoms with E-state index >= 15 is 0 Å². The first-order valence-corrected chi connectivity index (χ1v) is 8.98. The summed E-state index contributed by atoms with van der Waals surface area (Å²) in [5.74, 6) is 0.200. The van der Waals surface area contributed by atoms with Gasteiger partial charge >= 0.3 is 0 Å². The third kappa shape index (κ3) is 3.31. The number of nitrogens with one attached hydrogen (secondary N) is 1. The lowest BCUT2D eigenvalue weighted by Crippen LogP contribution is -2.14. The van der Waals surface area contributed by atoms with Crippen molar-refractivity contribution >= 4 is 27.7 Å². The molecule has 0 unspecified atom stereocenters. The molecule has 0 fully saturated rings. The lowest BCUT2D eigenvalue weighted by atomic mass is 10.1. The molecule has 1 heterocycles. The summed E-state index contributed by atoms with van der Waals surface area (Å²) in [7, 11) is -3.41. The molecule has 0 spiro atoms. The first-order valence-electron chi connectivity index (χ1n) is 5.86. The third-order valence-electron chi connectivity index (χ3n) is 2.64. The highest BCUT2D eigenvalue weighted by Crippen LogP contribution is 2.22. The molecule has 1 aromatic heterocycles. The van der Waals surface area contributed by atoms with Crippen LogP contribution in [0.1, 0.15) is 11.1 Å². The Balaban J connectivity index is 2.60. The van der Waals surface area contributed by atoms with E-state index in [0.717, 1.165) is 23.1 Å². The van der Waals surface area contributed by atoms with Gasteiger partial charge in [-0.05, 0) is 37.3 Å². The normalized spacial score (nSPS) is 11.6. The van der Waals surface area contributed by atoms with Crippen molar-refractivity contribution in [3.63, 3.8) is 0 Å². The molecule has 0 atom stereocenters. The second kappa shape index (κ2) is 5.45. The van der Waals surface area contributed by atoms with Gasteiger partial charge in [0.15, 0.2) is 0 Å². The van der Waals surface area contributed by atoms with Gasteiger partial charge in [0.1, 0.15) is 0 Å². The average Bonchev–Trinajstić information content (AvgIpc) is 2.73. The molecule has 0 amide bonds. The Bertz CT molecular complexity index is 738. The molecule has 108 valence electrons. The van der Waals surface area contributed by atoms with Crippen molar-refractivity contribution < 1.29 is 8.42 Å². The third-order valence-corrected chi connectivity index (χ3v) is 3.73. The maximum absolute atomic E-state index is 11.4. The molecule has 0 aliphatic rings. The maximum Gasteiger partial charge on any atom is 0.240 e. The minimum Gasteiger partial charge on any atom is -0.251 e. The zero-order chi connectivity index (χ0) is 14.9. The number of aromatic nitrogens is 3. The Morgan fingerprint density at radius 3 is 2.60 bits per heavy atom. The molecule has 1 aromatic carbocycles. The summed E-state index contributed by atoms with van der Waals surface area (Å²) < 4.78 is 26.8. The summed E-state index contributed by atoms with van der Waals surface area (Å²) in [5, 5.41) is 4.84. The van der Waals surface area contributed by atoms with Crippen molar-refractivity contribution in [2.45, 2.75) is 19.0 Å². The molecule has 0 aliphatic heterocycles. The van der Waals surface area contributed by atoms with Crippen molar-refractivity contribution in [2.75, 3.05) is 17.2 Å². The van der Waals surface area contributed by atoms with Crippen LogP contribution in [-0.2, 0) is 10.0 Å². The molecular weight excluding hydrogens is 296 g/mol. The van der Waals surface area contributed by atoms with E-state index in [-0.39, 0.29) is 5.95 Å². The number of rotatable bonds is 4. The summed E-state index contributed by atoms with van der Waals surface area (Å²) in [5.41, 5.74) is 2.87. The topological polar surface area (TPSA) is 76.9 Å². The summed E-state index contributed by atoms with van der Waals surface area (Å²) in [6.07, 6.45) is 2.93. The zero-order valence-electron chi connectivity index (χ0n) is 11.7. The second-order valence-electron chi connectivity index (χ2n) is 4.50. The first kappa shape index (κ1) is 14.9. The monoisotopic (exact) mass is 312 g/mol. The predicted octanol–water partition coefficient (Wildman–Crippen LogP) is 1.98.